The molecular weight excluding hydrogens is 335 g/mol. The molecule has 19 heavy (non-hydrogen) atoms. The molecule has 0 spiro atoms. The molecule has 1 aromatic carbocycles. The van der Waals surface area contributed by atoms with Crippen molar-refractivity contribution in [1.82, 2.24) is 0 Å². The van der Waals surface area contributed by atoms with Crippen molar-refractivity contribution in [2.75, 3.05) is 6.61 Å². The van der Waals surface area contributed by atoms with Crippen LogP contribution in [0.25, 0.3) is 11.3 Å². The first-order chi connectivity index (χ1) is 9.10. The van der Waals surface area contributed by atoms with Gasteiger partial charge < -0.3 is 13.9 Å². The van der Waals surface area contributed by atoms with E-state index in [1.807, 2.05) is 6.07 Å². The van der Waals surface area contributed by atoms with Crippen molar-refractivity contribution < 1.29 is 18.7 Å². The standard InChI is InChI=1S/C13H10BrClO4/c1-2-17-13(16)19-11-7-10(14)12(18-11)8-4-3-5-9(15)6-8/h3-7H,2H2,1H3. The van der Waals surface area contributed by atoms with Gasteiger partial charge in [-0.25, -0.2) is 4.79 Å². The minimum Gasteiger partial charge on any atom is -0.434 e. The monoisotopic (exact) mass is 344 g/mol. The Morgan fingerprint density at radius 2 is 2.21 bits per heavy atom. The molecule has 6 heteroatoms. The summed E-state index contributed by atoms with van der Waals surface area (Å²) >= 11 is 9.26. The maximum atomic E-state index is 11.2. The molecule has 2 aromatic rings. The molecule has 0 aliphatic rings. The van der Waals surface area contributed by atoms with E-state index < -0.39 is 6.16 Å². The normalized spacial score (nSPS) is 10.3. The Morgan fingerprint density at radius 1 is 1.42 bits per heavy atom. The summed E-state index contributed by atoms with van der Waals surface area (Å²) in [5, 5.41) is 0.591. The van der Waals surface area contributed by atoms with Gasteiger partial charge in [0.25, 0.3) is 5.95 Å². The first-order valence-electron chi connectivity index (χ1n) is 5.50. The summed E-state index contributed by atoms with van der Waals surface area (Å²) in [4.78, 5) is 11.2. The fourth-order valence-corrected chi connectivity index (χ4v) is 2.14. The van der Waals surface area contributed by atoms with E-state index in [1.165, 1.54) is 0 Å². The molecule has 0 atom stereocenters. The zero-order chi connectivity index (χ0) is 13.8. The van der Waals surface area contributed by atoms with Crippen LogP contribution >= 0.6 is 27.5 Å². The number of furan rings is 1. The van der Waals surface area contributed by atoms with Crippen molar-refractivity contribution in [1.29, 1.82) is 0 Å². The average molecular weight is 346 g/mol. The van der Waals surface area contributed by atoms with Crippen LogP contribution in [0.4, 0.5) is 4.79 Å². The number of benzene rings is 1. The first kappa shape index (κ1) is 14.0. The zero-order valence-corrected chi connectivity index (χ0v) is 12.3. The van der Waals surface area contributed by atoms with E-state index in [2.05, 4.69) is 20.7 Å². The van der Waals surface area contributed by atoms with Gasteiger partial charge in [0.15, 0.2) is 5.76 Å². The van der Waals surface area contributed by atoms with Crippen molar-refractivity contribution in [2.45, 2.75) is 6.92 Å². The number of hydrogen-bond acceptors (Lipinski definition) is 4. The first-order valence-corrected chi connectivity index (χ1v) is 6.67. The molecule has 0 amide bonds. The van der Waals surface area contributed by atoms with Gasteiger partial charge in [0.05, 0.1) is 11.1 Å². The van der Waals surface area contributed by atoms with Gasteiger partial charge in [-0.2, -0.15) is 0 Å². The third kappa shape index (κ3) is 3.52. The minimum atomic E-state index is -0.804. The van der Waals surface area contributed by atoms with Gasteiger partial charge in [-0.15, -0.1) is 0 Å². The number of rotatable bonds is 3. The van der Waals surface area contributed by atoms with E-state index in [0.717, 1.165) is 5.56 Å². The molecule has 0 aliphatic carbocycles. The van der Waals surface area contributed by atoms with Crippen molar-refractivity contribution in [2.24, 2.45) is 0 Å². The number of carbonyl (C=O) groups excluding carboxylic acids is 1. The Hall–Kier alpha value is -1.46. The molecule has 0 saturated carbocycles. The van der Waals surface area contributed by atoms with E-state index in [-0.39, 0.29) is 12.6 Å². The predicted octanol–water partition coefficient (Wildman–Crippen LogP) is 4.90. The maximum Gasteiger partial charge on any atom is 0.516 e. The molecule has 2 rings (SSSR count). The molecule has 0 saturated heterocycles. The Bertz CT molecular complexity index is 594. The molecule has 1 aromatic heterocycles. The lowest BCUT2D eigenvalue weighted by molar-refractivity contribution is 0.0952. The smallest absolute Gasteiger partial charge is 0.434 e. The third-order valence-corrected chi connectivity index (χ3v) is 3.02. The number of ether oxygens (including phenoxy) is 2. The zero-order valence-electron chi connectivity index (χ0n) is 9.98. The lowest BCUT2D eigenvalue weighted by Gasteiger charge is -2.00. The van der Waals surface area contributed by atoms with Crippen LogP contribution in [-0.2, 0) is 4.74 Å². The van der Waals surface area contributed by atoms with E-state index in [9.17, 15) is 4.79 Å². The van der Waals surface area contributed by atoms with Crippen LogP contribution in [0.2, 0.25) is 5.02 Å². The van der Waals surface area contributed by atoms with Crippen LogP contribution < -0.4 is 4.74 Å². The van der Waals surface area contributed by atoms with E-state index >= 15 is 0 Å². The van der Waals surface area contributed by atoms with Crippen molar-refractivity contribution in [3.63, 3.8) is 0 Å². The van der Waals surface area contributed by atoms with Gasteiger partial charge in [-0.3, -0.25) is 0 Å². The number of hydrogen-bond donors (Lipinski definition) is 0. The highest BCUT2D eigenvalue weighted by molar-refractivity contribution is 9.10. The molecule has 0 N–H and O–H groups in total. The molecule has 0 radical (unpaired) electrons. The fraction of sp³-hybridized carbons (Fsp3) is 0.154. The van der Waals surface area contributed by atoms with E-state index in [1.54, 1.807) is 31.2 Å². The van der Waals surface area contributed by atoms with Crippen molar-refractivity contribution in [3.8, 4) is 17.3 Å². The number of halogens is 2. The quantitative estimate of drug-likeness (QED) is 0.743. The van der Waals surface area contributed by atoms with E-state index in [0.29, 0.717) is 15.3 Å². The van der Waals surface area contributed by atoms with Crippen molar-refractivity contribution >= 4 is 33.7 Å². The van der Waals surface area contributed by atoms with Crippen molar-refractivity contribution in [3.05, 3.63) is 39.8 Å². The molecular formula is C13H10BrClO4. The maximum absolute atomic E-state index is 11.2. The second kappa shape index (κ2) is 6.12. The van der Waals surface area contributed by atoms with Gasteiger partial charge in [0, 0.05) is 16.7 Å². The van der Waals surface area contributed by atoms with E-state index in [4.69, 9.17) is 20.8 Å². The van der Waals surface area contributed by atoms with Gasteiger partial charge in [0.1, 0.15) is 0 Å². The predicted molar refractivity (Wildman–Crippen MR) is 74.5 cm³/mol. The molecule has 0 fully saturated rings. The Morgan fingerprint density at radius 3 is 2.89 bits per heavy atom. The average Bonchev–Trinajstić information content (AvgIpc) is 2.70. The van der Waals surface area contributed by atoms with Crippen LogP contribution in [-0.4, -0.2) is 12.8 Å². The fourth-order valence-electron chi connectivity index (χ4n) is 1.45. The Labute approximate surface area is 123 Å². The summed E-state index contributed by atoms with van der Waals surface area (Å²) in [6.45, 7) is 1.93. The van der Waals surface area contributed by atoms with Gasteiger partial charge in [-0.1, -0.05) is 23.7 Å². The molecule has 100 valence electrons. The minimum absolute atomic E-state index is 0.0558. The highest BCUT2D eigenvalue weighted by Crippen LogP contribution is 2.36. The Kier molecular flexibility index (Phi) is 4.50. The molecule has 1 heterocycles. The summed E-state index contributed by atoms with van der Waals surface area (Å²) in [7, 11) is 0. The van der Waals surface area contributed by atoms with Gasteiger partial charge in [0.2, 0.25) is 0 Å². The second-order valence-corrected chi connectivity index (χ2v) is 4.83. The van der Waals surface area contributed by atoms with Crippen LogP contribution in [0.3, 0.4) is 0 Å². The van der Waals surface area contributed by atoms with Crippen LogP contribution in [0.5, 0.6) is 5.95 Å². The molecule has 0 aliphatic heterocycles. The molecule has 0 unspecified atom stereocenters. The molecule has 4 nitrogen and oxygen atoms in total. The summed E-state index contributed by atoms with van der Waals surface area (Å²) in [6.07, 6.45) is -0.804. The van der Waals surface area contributed by atoms with Crippen LogP contribution in [0, 0.1) is 0 Å². The summed E-state index contributed by atoms with van der Waals surface area (Å²) < 4.78 is 15.6. The lowest BCUT2D eigenvalue weighted by Crippen LogP contribution is -2.09. The summed E-state index contributed by atoms with van der Waals surface area (Å²) in [5.41, 5.74) is 0.776. The molecule has 0 bridgehead atoms. The van der Waals surface area contributed by atoms with Gasteiger partial charge in [-0.05, 0) is 35.0 Å². The lowest BCUT2D eigenvalue weighted by atomic mass is 10.2. The Balaban J connectivity index is 2.24. The topological polar surface area (TPSA) is 48.7 Å². The number of carbonyl (C=O) groups is 1. The second-order valence-electron chi connectivity index (χ2n) is 3.54. The summed E-state index contributed by atoms with van der Waals surface area (Å²) in [6, 6.07) is 8.70. The SMILES string of the molecule is CCOC(=O)Oc1cc(Br)c(-c2cccc(Cl)c2)o1. The highest BCUT2D eigenvalue weighted by atomic mass is 79.9. The largest absolute Gasteiger partial charge is 0.516 e. The van der Waals surface area contributed by atoms with Gasteiger partial charge >= 0.3 is 6.16 Å². The highest BCUT2D eigenvalue weighted by Gasteiger charge is 2.15. The third-order valence-electron chi connectivity index (χ3n) is 2.20. The summed E-state index contributed by atoms with van der Waals surface area (Å²) in [5.74, 6) is 0.585. The van der Waals surface area contributed by atoms with Crippen LogP contribution in [0.1, 0.15) is 6.92 Å². The van der Waals surface area contributed by atoms with Crippen LogP contribution in [0.15, 0.2) is 39.2 Å².